The van der Waals surface area contributed by atoms with Crippen LogP contribution in [-0.2, 0) is 16.2 Å². The van der Waals surface area contributed by atoms with Crippen molar-refractivity contribution in [1.29, 1.82) is 0 Å². The molecule has 0 unspecified atom stereocenters. The maximum atomic E-state index is 12.5. The second kappa shape index (κ2) is 9.47. The molecule has 1 aromatic carbocycles. The van der Waals surface area contributed by atoms with E-state index in [1.165, 1.54) is 11.3 Å². The highest BCUT2D eigenvalue weighted by molar-refractivity contribution is 7.13. The van der Waals surface area contributed by atoms with E-state index in [9.17, 15) is 4.79 Å². The number of nitrogens with zero attached hydrogens (tertiary/aromatic N) is 3. The number of esters is 1. The molecule has 3 aromatic rings. The highest BCUT2D eigenvalue weighted by Crippen LogP contribution is 2.30. The van der Waals surface area contributed by atoms with Crippen LogP contribution < -0.4 is 0 Å². The van der Waals surface area contributed by atoms with Crippen LogP contribution in [0.1, 0.15) is 17.3 Å². The van der Waals surface area contributed by atoms with Crippen molar-refractivity contribution in [3.63, 3.8) is 0 Å². The van der Waals surface area contributed by atoms with Crippen LogP contribution in [-0.4, -0.2) is 42.0 Å². The first-order valence-corrected chi connectivity index (χ1v) is 14.3. The van der Waals surface area contributed by atoms with Crippen molar-refractivity contribution < 1.29 is 14.3 Å². The zero-order valence-electron chi connectivity index (χ0n) is 17.3. The summed E-state index contributed by atoms with van der Waals surface area (Å²) in [5.74, 6) is -0.396. The lowest BCUT2D eigenvalue weighted by atomic mass is 10.2. The molecule has 8 heteroatoms. The lowest BCUT2D eigenvalue weighted by Gasteiger charge is -2.15. The van der Waals surface area contributed by atoms with Crippen LogP contribution in [0.4, 0.5) is 0 Å². The molecule has 29 heavy (non-hydrogen) atoms. The predicted molar refractivity (Wildman–Crippen MR) is 119 cm³/mol. The van der Waals surface area contributed by atoms with Crippen molar-refractivity contribution in [2.24, 2.45) is 0 Å². The van der Waals surface area contributed by atoms with E-state index in [1.54, 1.807) is 17.8 Å². The maximum Gasteiger partial charge on any atom is 0.342 e. The van der Waals surface area contributed by atoms with E-state index in [4.69, 9.17) is 14.5 Å². The minimum atomic E-state index is -1.15. The highest BCUT2D eigenvalue weighted by atomic mass is 32.1. The van der Waals surface area contributed by atoms with Crippen molar-refractivity contribution >= 4 is 25.4 Å². The van der Waals surface area contributed by atoms with E-state index in [0.29, 0.717) is 36.2 Å². The smallest absolute Gasteiger partial charge is 0.342 e. The molecule has 2 aromatic heterocycles. The van der Waals surface area contributed by atoms with Crippen LogP contribution in [0.2, 0.25) is 25.7 Å². The summed E-state index contributed by atoms with van der Waals surface area (Å²) in [6, 6.07) is 11.0. The van der Waals surface area contributed by atoms with Gasteiger partial charge in [0.15, 0.2) is 0 Å². The molecular formula is C21H27N3O3SSi. The summed E-state index contributed by atoms with van der Waals surface area (Å²) in [6.45, 7) is 10.0. The summed E-state index contributed by atoms with van der Waals surface area (Å²) < 4.78 is 12.6. The predicted octanol–water partition coefficient (Wildman–Crippen LogP) is 5.16. The third kappa shape index (κ3) is 5.85. The van der Waals surface area contributed by atoms with Crippen molar-refractivity contribution in [3.05, 3.63) is 47.5 Å². The van der Waals surface area contributed by atoms with Gasteiger partial charge in [0.25, 0.3) is 0 Å². The Morgan fingerprint density at radius 1 is 1.21 bits per heavy atom. The Morgan fingerprint density at radius 3 is 2.66 bits per heavy atom. The van der Waals surface area contributed by atoms with Gasteiger partial charge in [0, 0.05) is 31.8 Å². The molecule has 0 N–H and O–H groups in total. The Balaban J connectivity index is 1.82. The minimum Gasteiger partial charge on any atom is -0.462 e. The summed E-state index contributed by atoms with van der Waals surface area (Å²) in [4.78, 5) is 17.2. The molecule has 0 fully saturated rings. The van der Waals surface area contributed by atoms with Gasteiger partial charge in [-0.15, -0.1) is 11.3 Å². The molecule has 0 saturated carbocycles. The van der Waals surface area contributed by atoms with Gasteiger partial charge in [-0.1, -0.05) is 50.0 Å². The van der Waals surface area contributed by atoms with Crippen LogP contribution in [0, 0.1) is 0 Å². The summed E-state index contributed by atoms with van der Waals surface area (Å²) in [6.07, 6.45) is 1.69. The molecule has 0 aliphatic heterocycles. The van der Waals surface area contributed by atoms with Crippen molar-refractivity contribution in [1.82, 2.24) is 14.8 Å². The monoisotopic (exact) mass is 429 g/mol. The molecule has 0 bridgehead atoms. The molecule has 0 atom stereocenters. The van der Waals surface area contributed by atoms with E-state index in [-0.39, 0.29) is 0 Å². The normalized spacial score (nSPS) is 11.6. The van der Waals surface area contributed by atoms with Crippen LogP contribution in [0.3, 0.4) is 0 Å². The van der Waals surface area contributed by atoms with Crippen molar-refractivity contribution in [2.75, 3.05) is 13.2 Å². The molecule has 0 radical (unpaired) electrons. The van der Waals surface area contributed by atoms with Gasteiger partial charge in [-0.05, 0) is 13.0 Å². The van der Waals surface area contributed by atoms with Crippen LogP contribution in [0.15, 0.2) is 41.9 Å². The van der Waals surface area contributed by atoms with E-state index in [1.807, 2.05) is 35.7 Å². The average Bonchev–Trinajstić information content (AvgIpc) is 3.32. The van der Waals surface area contributed by atoms with Crippen molar-refractivity contribution in [2.45, 2.75) is 39.3 Å². The fourth-order valence-electron chi connectivity index (χ4n) is 2.66. The van der Waals surface area contributed by atoms with Gasteiger partial charge >= 0.3 is 5.97 Å². The quantitative estimate of drug-likeness (QED) is 0.267. The molecule has 0 aliphatic carbocycles. The highest BCUT2D eigenvalue weighted by Gasteiger charge is 2.22. The molecule has 0 saturated heterocycles. The summed E-state index contributed by atoms with van der Waals surface area (Å²) >= 11 is 1.46. The van der Waals surface area contributed by atoms with E-state index in [0.717, 1.165) is 17.3 Å². The molecule has 0 aliphatic rings. The first-order chi connectivity index (χ1) is 13.9. The Labute approximate surface area is 176 Å². The second-order valence-corrected chi connectivity index (χ2v) is 14.4. The molecule has 3 rings (SSSR count). The number of carbonyl (C=O) groups excluding carboxylic acids is 1. The Bertz CT molecular complexity index is 948. The molecular weight excluding hydrogens is 402 g/mol. The van der Waals surface area contributed by atoms with Crippen molar-refractivity contribution in [3.8, 4) is 22.0 Å². The van der Waals surface area contributed by atoms with Gasteiger partial charge in [0.2, 0.25) is 0 Å². The first-order valence-electron chi connectivity index (χ1n) is 9.71. The lowest BCUT2D eigenvalue weighted by molar-refractivity contribution is 0.0525. The standard InChI is InChI=1S/C21H27N3O3SSi/c1-5-27-21(25)17-13-24(15-26-11-12-29(2,3)4)23-19(17)20-22-18(14-28-20)16-9-7-6-8-10-16/h6-10,13-14H,5,11-12,15H2,1-4H3. The fourth-order valence-corrected chi connectivity index (χ4v) is 4.25. The number of carbonyl (C=O) groups is 1. The van der Waals surface area contributed by atoms with Gasteiger partial charge in [-0.3, -0.25) is 0 Å². The fraction of sp³-hybridized carbons (Fsp3) is 0.381. The third-order valence-electron chi connectivity index (χ3n) is 4.25. The van der Waals surface area contributed by atoms with Gasteiger partial charge in [-0.2, -0.15) is 5.10 Å². The summed E-state index contributed by atoms with van der Waals surface area (Å²) in [5.41, 5.74) is 2.84. The van der Waals surface area contributed by atoms with E-state index >= 15 is 0 Å². The maximum absolute atomic E-state index is 12.5. The van der Waals surface area contributed by atoms with E-state index < -0.39 is 14.0 Å². The SMILES string of the molecule is CCOC(=O)c1cn(COCC[Si](C)(C)C)nc1-c1nc(-c2ccccc2)cs1. The molecule has 0 spiro atoms. The van der Waals surface area contributed by atoms with Crippen LogP contribution in [0.25, 0.3) is 22.0 Å². The zero-order valence-corrected chi connectivity index (χ0v) is 19.2. The zero-order chi connectivity index (χ0) is 20.9. The average molecular weight is 430 g/mol. The number of rotatable bonds is 9. The minimum absolute atomic E-state index is 0.299. The largest absolute Gasteiger partial charge is 0.462 e. The number of ether oxygens (including phenoxy) is 2. The van der Waals surface area contributed by atoms with Crippen LogP contribution in [0.5, 0.6) is 0 Å². The Hall–Kier alpha value is -2.29. The first kappa shape index (κ1) is 21.4. The lowest BCUT2D eigenvalue weighted by Crippen LogP contribution is -2.22. The van der Waals surface area contributed by atoms with Gasteiger partial charge < -0.3 is 9.47 Å². The van der Waals surface area contributed by atoms with Crippen LogP contribution >= 0.6 is 11.3 Å². The summed E-state index contributed by atoms with van der Waals surface area (Å²) in [5, 5.41) is 7.24. The van der Waals surface area contributed by atoms with Gasteiger partial charge in [0.1, 0.15) is 23.0 Å². The molecule has 2 heterocycles. The summed E-state index contributed by atoms with van der Waals surface area (Å²) in [7, 11) is -1.15. The Morgan fingerprint density at radius 2 is 1.97 bits per heavy atom. The topological polar surface area (TPSA) is 66.2 Å². The number of thiazole rings is 1. The number of hydrogen-bond acceptors (Lipinski definition) is 6. The third-order valence-corrected chi connectivity index (χ3v) is 6.81. The Kier molecular flexibility index (Phi) is 6.99. The molecule has 154 valence electrons. The van der Waals surface area contributed by atoms with Gasteiger partial charge in [0.05, 0.1) is 12.3 Å². The number of benzene rings is 1. The number of aromatic nitrogens is 3. The molecule has 0 amide bonds. The molecule has 6 nitrogen and oxygen atoms in total. The second-order valence-electron chi connectivity index (χ2n) is 7.90. The number of hydrogen-bond donors (Lipinski definition) is 0. The van der Waals surface area contributed by atoms with Gasteiger partial charge in [-0.25, -0.2) is 14.5 Å². The van der Waals surface area contributed by atoms with E-state index in [2.05, 4.69) is 24.7 Å².